The van der Waals surface area contributed by atoms with Crippen LogP contribution in [0.15, 0.2) is 12.7 Å². The molecule has 0 aromatic rings. The zero-order chi connectivity index (χ0) is 24.8. The van der Waals surface area contributed by atoms with E-state index in [-0.39, 0.29) is 42.8 Å². The van der Waals surface area contributed by atoms with Crippen molar-refractivity contribution in [2.45, 2.75) is 121 Å². The standard InChI is InChI=1S/C25H46O7S.Na/c1-3-5-6-7-8-9-10-11-12-13-14-15-16-17-18-19-21-31-24(26)22-23(33(28,29)30)25(27)32-20-4-2;/h4,23H,2-3,5-22H2,1H3,(H,28,29,30);/q;+1/p-1. The second kappa shape index (κ2) is 24.3. The molecule has 0 aliphatic heterocycles. The maximum atomic E-state index is 11.8. The van der Waals surface area contributed by atoms with Gasteiger partial charge in [-0.2, -0.15) is 0 Å². The molecule has 0 bridgehead atoms. The van der Waals surface area contributed by atoms with Gasteiger partial charge >= 0.3 is 41.5 Å². The molecule has 0 aromatic carbocycles. The van der Waals surface area contributed by atoms with Crippen LogP contribution >= 0.6 is 0 Å². The Labute approximate surface area is 229 Å². The molecule has 7 nitrogen and oxygen atoms in total. The Bertz CT molecular complexity index is 623. The van der Waals surface area contributed by atoms with Crippen molar-refractivity contribution in [2.75, 3.05) is 13.2 Å². The number of esters is 2. The SMILES string of the molecule is C=CCOC(=O)C(CC(=O)OCCCCCCCCCCCCCCCCCC)S(=O)(=O)[O-].[Na+]. The summed E-state index contributed by atoms with van der Waals surface area (Å²) in [6.45, 7) is 5.48. The largest absolute Gasteiger partial charge is 1.00 e. The van der Waals surface area contributed by atoms with Gasteiger partial charge in [0.1, 0.15) is 16.7 Å². The fraction of sp³-hybridized carbons (Fsp3) is 0.840. The number of hydrogen-bond donors (Lipinski definition) is 0. The van der Waals surface area contributed by atoms with Crippen LogP contribution in [0.3, 0.4) is 0 Å². The van der Waals surface area contributed by atoms with Crippen molar-refractivity contribution < 1.29 is 61.6 Å². The average Bonchev–Trinajstić information content (AvgIpc) is 2.77. The third-order valence-electron chi connectivity index (χ3n) is 5.57. The van der Waals surface area contributed by atoms with Crippen LogP contribution in [-0.2, 0) is 29.2 Å². The molecule has 0 saturated heterocycles. The van der Waals surface area contributed by atoms with Gasteiger partial charge in [-0.05, 0) is 6.42 Å². The maximum absolute atomic E-state index is 11.8. The van der Waals surface area contributed by atoms with Gasteiger partial charge in [0.15, 0.2) is 5.25 Å². The van der Waals surface area contributed by atoms with Gasteiger partial charge in [0.25, 0.3) is 0 Å². The molecule has 0 radical (unpaired) electrons. The first-order valence-corrected chi connectivity index (χ1v) is 14.2. The van der Waals surface area contributed by atoms with E-state index in [1.54, 1.807) is 0 Å². The monoisotopic (exact) mass is 512 g/mol. The molecule has 0 rings (SSSR count). The Morgan fingerprint density at radius 1 is 0.794 bits per heavy atom. The van der Waals surface area contributed by atoms with Crippen LogP contribution in [0.1, 0.15) is 116 Å². The zero-order valence-electron chi connectivity index (χ0n) is 21.6. The second-order valence-corrected chi connectivity index (χ2v) is 10.2. The van der Waals surface area contributed by atoms with Gasteiger partial charge in [0.05, 0.1) is 13.0 Å². The topological polar surface area (TPSA) is 110 Å². The minimum absolute atomic E-state index is 0. The smallest absolute Gasteiger partial charge is 0.747 e. The molecule has 0 amide bonds. The Kier molecular flexibility index (Phi) is 25.5. The predicted molar refractivity (Wildman–Crippen MR) is 130 cm³/mol. The summed E-state index contributed by atoms with van der Waals surface area (Å²) in [5.41, 5.74) is 0. The predicted octanol–water partition coefficient (Wildman–Crippen LogP) is 2.83. The van der Waals surface area contributed by atoms with Crippen LogP contribution in [0, 0.1) is 0 Å². The number of hydrogen-bond acceptors (Lipinski definition) is 7. The molecule has 0 spiro atoms. The van der Waals surface area contributed by atoms with Gasteiger partial charge in [-0.3, -0.25) is 9.59 Å². The molecular formula is C25H45NaO7S. The molecule has 9 heteroatoms. The van der Waals surface area contributed by atoms with Crippen LogP contribution < -0.4 is 29.6 Å². The average molecular weight is 513 g/mol. The van der Waals surface area contributed by atoms with Gasteiger partial charge < -0.3 is 14.0 Å². The summed E-state index contributed by atoms with van der Waals surface area (Å²) in [5, 5.41) is -2.09. The molecule has 0 fully saturated rings. The Morgan fingerprint density at radius 2 is 1.21 bits per heavy atom. The van der Waals surface area contributed by atoms with E-state index in [1.807, 2.05) is 0 Å². The van der Waals surface area contributed by atoms with Gasteiger partial charge in [-0.1, -0.05) is 116 Å². The van der Waals surface area contributed by atoms with Crippen LogP contribution in [-0.4, -0.2) is 43.4 Å². The van der Waals surface area contributed by atoms with Crippen molar-refractivity contribution in [2.24, 2.45) is 0 Å². The second-order valence-electron chi connectivity index (χ2n) is 8.63. The van der Waals surface area contributed by atoms with Crippen molar-refractivity contribution in [3.05, 3.63) is 12.7 Å². The first-order valence-electron chi connectivity index (χ1n) is 12.7. The van der Waals surface area contributed by atoms with Crippen molar-refractivity contribution >= 4 is 22.1 Å². The van der Waals surface area contributed by atoms with E-state index in [9.17, 15) is 22.6 Å². The molecule has 0 aliphatic rings. The number of rotatable bonds is 23. The van der Waals surface area contributed by atoms with Crippen molar-refractivity contribution in [1.82, 2.24) is 0 Å². The van der Waals surface area contributed by atoms with Crippen molar-refractivity contribution in [3.8, 4) is 0 Å². The van der Waals surface area contributed by atoms with Gasteiger partial charge in [-0.15, -0.1) is 0 Å². The fourth-order valence-electron chi connectivity index (χ4n) is 3.58. The van der Waals surface area contributed by atoms with Crippen LogP contribution in [0.5, 0.6) is 0 Å². The number of ether oxygens (including phenoxy) is 2. The number of carbonyl (C=O) groups is 2. The summed E-state index contributed by atoms with van der Waals surface area (Å²) in [6.07, 6.45) is 20.2. The first kappa shape index (κ1) is 35.8. The molecule has 0 saturated carbocycles. The number of carbonyl (C=O) groups excluding carboxylic acids is 2. The minimum Gasteiger partial charge on any atom is -0.747 e. The molecule has 0 aromatic heterocycles. The zero-order valence-corrected chi connectivity index (χ0v) is 24.4. The Balaban J connectivity index is 0. The van der Waals surface area contributed by atoms with E-state index in [1.165, 1.54) is 83.1 Å². The van der Waals surface area contributed by atoms with E-state index in [0.29, 0.717) is 6.42 Å². The molecule has 0 aliphatic carbocycles. The molecule has 34 heavy (non-hydrogen) atoms. The summed E-state index contributed by atoms with van der Waals surface area (Å²) in [5.74, 6) is -2.15. The molecule has 0 N–H and O–H groups in total. The minimum atomic E-state index is -5.01. The summed E-state index contributed by atoms with van der Waals surface area (Å²) < 4.78 is 43.2. The summed E-state index contributed by atoms with van der Waals surface area (Å²) in [4.78, 5) is 23.4. The van der Waals surface area contributed by atoms with Crippen LogP contribution in [0.2, 0.25) is 0 Å². The van der Waals surface area contributed by atoms with E-state index < -0.39 is 33.7 Å². The quantitative estimate of drug-likeness (QED) is 0.0681. The summed E-state index contributed by atoms with van der Waals surface area (Å²) >= 11 is 0. The van der Waals surface area contributed by atoms with Crippen LogP contribution in [0.4, 0.5) is 0 Å². The third-order valence-corrected chi connectivity index (χ3v) is 6.62. The normalized spacial score (nSPS) is 11.9. The Morgan fingerprint density at radius 3 is 1.59 bits per heavy atom. The summed E-state index contributed by atoms with van der Waals surface area (Å²) in [7, 11) is -5.01. The van der Waals surface area contributed by atoms with E-state index in [4.69, 9.17) is 4.74 Å². The first-order chi connectivity index (χ1) is 15.8. The van der Waals surface area contributed by atoms with E-state index >= 15 is 0 Å². The number of unbranched alkanes of at least 4 members (excludes halogenated alkanes) is 15. The Hall–Kier alpha value is -0.410. The van der Waals surface area contributed by atoms with Crippen LogP contribution in [0.25, 0.3) is 0 Å². The van der Waals surface area contributed by atoms with Gasteiger partial charge in [0.2, 0.25) is 0 Å². The fourth-order valence-corrected chi connectivity index (χ4v) is 4.23. The maximum Gasteiger partial charge on any atom is 1.00 e. The molecule has 194 valence electrons. The van der Waals surface area contributed by atoms with E-state index in [2.05, 4.69) is 18.2 Å². The molecule has 1 unspecified atom stereocenters. The van der Waals surface area contributed by atoms with Gasteiger partial charge in [-0.25, -0.2) is 8.42 Å². The van der Waals surface area contributed by atoms with Gasteiger partial charge in [0, 0.05) is 0 Å². The molecule has 0 heterocycles. The van der Waals surface area contributed by atoms with Crippen molar-refractivity contribution in [1.29, 1.82) is 0 Å². The molecular weight excluding hydrogens is 467 g/mol. The van der Waals surface area contributed by atoms with Crippen molar-refractivity contribution in [3.63, 3.8) is 0 Å². The summed E-state index contributed by atoms with van der Waals surface area (Å²) in [6, 6.07) is 0. The molecule has 1 atom stereocenters. The van der Waals surface area contributed by atoms with E-state index in [0.717, 1.165) is 19.3 Å². The third kappa shape index (κ3) is 22.1.